The van der Waals surface area contributed by atoms with Crippen LogP contribution >= 0.6 is 0 Å². The zero-order valence-corrected chi connectivity index (χ0v) is 15.8. The van der Waals surface area contributed by atoms with Crippen LogP contribution in [0, 0.1) is 5.82 Å². The fraction of sp³-hybridized carbons (Fsp3) is 0.130. The molecule has 0 aliphatic rings. The van der Waals surface area contributed by atoms with Crippen molar-refractivity contribution < 1.29 is 8.81 Å². The van der Waals surface area contributed by atoms with Crippen molar-refractivity contribution in [3.8, 4) is 11.3 Å². The first kappa shape index (κ1) is 18.7. The van der Waals surface area contributed by atoms with Crippen molar-refractivity contribution in [1.82, 2.24) is 9.97 Å². The van der Waals surface area contributed by atoms with Crippen LogP contribution in [0.3, 0.4) is 0 Å². The molecule has 2 aromatic carbocycles. The molecular formula is C23H21FN4O. The molecule has 6 heteroatoms. The van der Waals surface area contributed by atoms with Gasteiger partial charge in [0.1, 0.15) is 17.4 Å². The number of nitrogens with zero attached hydrogens (tertiary/aromatic N) is 2. The summed E-state index contributed by atoms with van der Waals surface area (Å²) in [5.74, 6) is 1.83. The molecule has 0 atom stereocenters. The number of furan rings is 1. The number of hydrogen-bond acceptors (Lipinski definition) is 5. The van der Waals surface area contributed by atoms with Gasteiger partial charge in [-0.1, -0.05) is 42.5 Å². The Morgan fingerprint density at radius 1 is 0.862 bits per heavy atom. The Labute approximate surface area is 168 Å². The minimum Gasteiger partial charge on any atom is -0.467 e. The average Bonchev–Trinajstić information content (AvgIpc) is 3.28. The van der Waals surface area contributed by atoms with E-state index in [0.717, 1.165) is 34.8 Å². The zero-order chi connectivity index (χ0) is 19.9. The SMILES string of the molecule is Fc1ccc(CCNc2cc(-c3ccccc3)nc(NCc3ccco3)n2)cc1. The largest absolute Gasteiger partial charge is 0.467 e. The number of hydrogen-bond donors (Lipinski definition) is 2. The standard InChI is InChI=1S/C23H21FN4O/c24-19-10-8-17(9-11-19)12-13-25-22-15-21(18-5-2-1-3-6-18)27-23(28-22)26-16-20-7-4-14-29-20/h1-11,14-15H,12-13,16H2,(H2,25,26,27,28). The Morgan fingerprint density at radius 3 is 2.45 bits per heavy atom. The van der Waals surface area contributed by atoms with Crippen LogP contribution in [0.5, 0.6) is 0 Å². The fourth-order valence-electron chi connectivity index (χ4n) is 2.94. The second-order valence-corrected chi connectivity index (χ2v) is 6.56. The Bertz CT molecular complexity index is 1030. The highest BCUT2D eigenvalue weighted by Gasteiger charge is 2.07. The fourth-order valence-corrected chi connectivity index (χ4v) is 2.94. The van der Waals surface area contributed by atoms with E-state index < -0.39 is 0 Å². The molecule has 0 spiro atoms. The minimum atomic E-state index is -0.225. The lowest BCUT2D eigenvalue weighted by Crippen LogP contribution is -2.10. The van der Waals surface area contributed by atoms with Gasteiger partial charge in [-0.25, -0.2) is 9.37 Å². The normalized spacial score (nSPS) is 10.7. The molecule has 0 saturated carbocycles. The molecule has 146 valence electrons. The molecule has 2 aromatic heterocycles. The molecule has 4 rings (SSSR count). The first-order valence-corrected chi connectivity index (χ1v) is 9.45. The van der Waals surface area contributed by atoms with Crippen molar-refractivity contribution in [2.75, 3.05) is 17.2 Å². The van der Waals surface area contributed by atoms with E-state index >= 15 is 0 Å². The van der Waals surface area contributed by atoms with Gasteiger partial charge >= 0.3 is 0 Å². The van der Waals surface area contributed by atoms with Gasteiger partial charge in [0.15, 0.2) is 0 Å². The zero-order valence-electron chi connectivity index (χ0n) is 15.8. The maximum absolute atomic E-state index is 13.1. The van der Waals surface area contributed by atoms with Crippen LogP contribution in [0.15, 0.2) is 83.5 Å². The van der Waals surface area contributed by atoms with Crippen LogP contribution < -0.4 is 10.6 Å². The second-order valence-electron chi connectivity index (χ2n) is 6.56. The number of rotatable bonds is 8. The van der Waals surface area contributed by atoms with Crippen molar-refractivity contribution in [3.63, 3.8) is 0 Å². The van der Waals surface area contributed by atoms with Crippen LogP contribution in [0.2, 0.25) is 0 Å². The molecule has 0 bridgehead atoms. The van der Waals surface area contributed by atoms with E-state index in [0.29, 0.717) is 19.0 Å². The highest BCUT2D eigenvalue weighted by atomic mass is 19.1. The predicted molar refractivity (Wildman–Crippen MR) is 112 cm³/mol. The summed E-state index contributed by atoms with van der Waals surface area (Å²) in [7, 11) is 0. The van der Waals surface area contributed by atoms with Gasteiger partial charge < -0.3 is 15.1 Å². The first-order valence-electron chi connectivity index (χ1n) is 9.45. The lowest BCUT2D eigenvalue weighted by molar-refractivity contribution is 0.517. The summed E-state index contributed by atoms with van der Waals surface area (Å²) < 4.78 is 18.4. The molecule has 5 nitrogen and oxygen atoms in total. The van der Waals surface area contributed by atoms with Crippen LogP contribution in [0.25, 0.3) is 11.3 Å². The Balaban J connectivity index is 1.49. The van der Waals surface area contributed by atoms with Gasteiger partial charge in [-0.2, -0.15) is 4.98 Å². The molecule has 0 saturated heterocycles. The quantitative estimate of drug-likeness (QED) is 0.437. The van der Waals surface area contributed by atoms with Gasteiger partial charge in [-0.15, -0.1) is 0 Å². The van der Waals surface area contributed by atoms with E-state index in [-0.39, 0.29) is 5.82 Å². The second kappa shape index (κ2) is 9.01. The molecule has 0 radical (unpaired) electrons. The molecule has 2 heterocycles. The number of benzene rings is 2. The van der Waals surface area contributed by atoms with E-state index in [1.807, 2.05) is 48.5 Å². The number of aromatic nitrogens is 2. The van der Waals surface area contributed by atoms with Crippen molar-refractivity contribution in [3.05, 3.63) is 96.2 Å². The van der Waals surface area contributed by atoms with Crippen molar-refractivity contribution in [2.24, 2.45) is 0 Å². The predicted octanol–water partition coefficient (Wildman–Crippen LogP) is 5.14. The van der Waals surface area contributed by atoms with Crippen molar-refractivity contribution in [1.29, 1.82) is 0 Å². The maximum atomic E-state index is 13.1. The summed E-state index contributed by atoms with van der Waals surface area (Å²) in [5, 5.41) is 6.56. The maximum Gasteiger partial charge on any atom is 0.225 e. The number of halogens is 1. The topological polar surface area (TPSA) is 63.0 Å². The van der Waals surface area contributed by atoms with Gasteiger partial charge in [0, 0.05) is 18.2 Å². The van der Waals surface area contributed by atoms with E-state index in [9.17, 15) is 4.39 Å². The number of anilines is 2. The minimum absolute atomic E-state index is 0.225. The van der Waals surface area contributed by atoms with E-state index in [2.05, 4.69) is 20.6 Å². The third-order valence-electron chi connectivity index (χ3n) is 4.43. The first-order chi connectivity index (χ1) is 14.3. The molecule has 0 amide bonds. The van der Waals surface area contributed by atoms with Crippen LogP contribution in [-0.2, 0) is 13.0 Å². The summed E-state index contributed by atoms with van der Waals surface area (Å²) in [5.41, 5.74) is 2.90. The van der Waals surface area contributed by atoms with E-state index in [4.69, 9.17) is 4.42 Å². The summed E-state index contributed by atoms with van der Waals surface area (Å²) >= 11 is 0. The molecule has 29 heavy (non-hydrogen) atoms. The summed E-state index contributed by atoms with van der Waals surface area (Å²) in [6.07, 6.45) is 2.40. The van der Waals surface area contributed by atoms with E-state index in [1.165, 1.54) is 12.1 Å². The Hall–Kier alpha value is -3.67. The van der Waals surface area contributed by atoms with Gasteiger partial charge in [0.25, 0.3) is 0 Å². The molecule has 0 fully saturated rings. The third-order valence-corrected chi connectivity index (χ3v) is 4.43. The number of nitrogens with one attached hydrogen (secondary N) is 2. The van der Waals surface area contributed by atoms with E-state index in [1.54, 1.807) is 18.4 Å². The Morgan fingerprint density at radius 2 is 1.69 bits per heavy atom. The highest BCUT2D eigenvalue weighted by Crippen LogP contribution is 2.21. The third kappa shape index (κ3) is 5.19. The van der Waals surface area contributed by atoms with Crippen LogP contribution in [-0.4, -0.2) is 16.5 Å². The molecule has 0 aliphatic carbocycles. The molecule has 0 aliphatic heterocycles. The lowest BCUT2D eigenvalue weighted by Gasteiger charge is -2.11. The molecular weight excluding hydrogens is 367 g/mol. The smallest absolute Gasteiger partial charge is 0.225 e. The van der Waals surface area contributed by atoms with Gasteiger partial charge in [0.2, 0.25) is 5.95 Å². The summed E-state index contributed by atoms with van der Waals surface area (Å²) in [4.78, 5) is 9.20. The Kier molecular flexibility index (Phi) is 5.81. The molecule has 4 aromatic rings. The highest BCUT2D eigenvalue weighted by molar-refractivity contribution is 5.64. The molecule has 0 unspecified atom stereocenters. The lowest BCUT2D eigenvalue weighted by atomic mass is 10.1. The van der Waals surface area contributed by atoms with Crippen LogP contribution in [0.4, 0.5) is 16.2 Å². The van der Waals surface area contributed by atoms with Gasteiger partial charge in [-0.05, 0) is 36.2 Å². The molecule has 2 N–H and O–H groups in total. The summed E-state index contributed by atoms with van der Waals surface area (Å²) in [6.45, 7) is 1.18. The monoisotopic (exact) mass is 388 g/mol. The summed E-state index contributed by atoms with van der Waals surface area (Å²) in [6, 6.07) is 22.2. The van der Waals surface area contributed by atoms with Gasteiger partial charge in [0.05, 0.1) is 18.5 Å². The average molecular weight is 388 g/mol. The van der Waals surface area contributed by atoms with Gasteiger partial charge in [-0.3, -0.25) is 0 Å². The van der Waals surface area contributed by atoms with Crippen molar-refractivity contribution in [2.45, 2.75) is 13.0 Å². The van der Waals surface area contributed by atoms with Crippen molar-refractivity contribution >= 4 is 11.8 Å². The van der Waals surface area contributed by atoms with Crippen LogP contribution in [0.1, 0.15) is 11.3 Å².